The monoisotopic (exact) mass is 325 g/mol. The first kappa shape index (κ1) is 17.7. The third-order valence-corrected chi connectivity index (χ3v) is 3.69. The number of nitrogens with zero attached hydrogens (tertiary/aromatic N) is 1. The lowest BCUT2D eigenvalue weighted by molar-refractivity contribution is 0.0951. The van der Waals surface area contributed by atoms with E-state index in [9.17, 15) is 9.59 Å². The summed E-state index contributed by atoms with van der Waals surface area (Å²) in [4.78, 5) is 27.8. The predicted octanol–water partition coefficient (Wildman–Crippen LogP) is 2.75. The summed E-state index contributed by atoms with van der Waals surface area (Å²) < 4.78 is 0. The minimum atomic E-state index is -0.154. The minimum absolute atomic E-state index is 0.0936. The van der Waals surface area contributed by atoms with Gasteiger partial charge in [-0.05, 0) is 42.2 Å². The van der Waals surface area contributed by atoms with Crippen LogP contribution in [0.15, 0.2) is 48.8 Å². The molecule has 0 atom stereocenters. The van der Waals surface area contributed by atoms with Gasteiger partial charge in [0.2, 0.25) is 0 Å². The summed E-state index contributed by atoms with van der Waals surface area (Å²) in [6.45, 7) is 5.25. The van der Waals surface area contributed by atoms with Crippen molar-refractivity contribution >= 4 is 11.8 Å². The molecule has 2 aromatic rings. The zero-order valence-corrected chi connectivity index (χ0v) is 14.1. The van der Waals surface area contributed by atoms with Gasteiger partial charge in [0.1, 0.15) is 0 Å². The molecule has 0 saturated heterocycles. The van der Waals surface area contributed by atoms with Crippen molar-refractivity contribution in [3.8, 4) is 0 Å². The Bertz CT molecular complexity index is 667. The Morgan fingerprint density at radius 3 is 2.12 bits per heavy atom. The topological polar surface area (TPSA) is 71.1 Å². The number of pyridine rings is 1. The standard InChI is InChI=1S/C19H23N3O2/c1-14(2)15-6-8-16(9-7-15)18(23)21-11-4-12-22-19(24)17-5-3-10-20-13-17/h3,5-10,13-14H,4,11-12H2,1-2H3,(H,21,23)(H,22,24). The lowest BCUT2D eigenvalue weighted by Crippen LogP contribution is -2.29. The highest BCUT2D eigenvalue weighted by molar-refractivity contribution is 5.94. The Morgan fingerprint density at radius 1 is 0.958 bits per heavy atom. The van der Waals surface area contributed by atoms with Gasteiger partial charge in [-0.3, -0.25) is 14.6 Å². The molecule has 0 aliphatic rings. The van der Waals surface area contributed by atoms with E-state index in [1.807, 2.05) is 24.3 Å². The van der Waals surface area contributed by atoms with Crippen LogP contribution in [0.5, 0.6) is 0 Å². The van der Waals surface area contributed by atoms with Crippen LogP contribution in [-0.4, -0.2) is 29.9 Å². The number of aromatic nitrogens is 1. The molecule has 2 N–H and O–H groups in total. The van der Waals surface area contributed by atoms with Gasteiger partial charge in [0.05, 0.1) is 5.56 Å². The van der Waals surface area contributed by atoms with E-state index in [1.165, 1.54) is 11.8 Å². The van der Waals surface area contributed by atoms with Gasteiger partial charge in [-0.2, -0.15) is 0 Å². The molecule has 0 aliphatic carbocycles. The normalized spacial score (nSPS) is 10.5. The number of benzene rings is 1. The summed E-state index contributed by atoms with van der Waals surface area (Å²) in [5.41, 5.74) is 2.40. The molecule has 24 heavy (non-hydrogen) atoms. The van der Waals surface area contributed by atoms with E-state index in [0.29, 0.717) is 36.6 Å². The molecule has 0 spiro atoms. The van der Waals surface area contributed by atoms with Crippen LogP contribution < -0.4 is 10.6 Å². The predicted molar refractivity (Wildman–Crippen MR) is 94.1 cm³/mol. The van der Waals surface area contributed by atoms with Crippen molar-refractivity contribution in [3.05, 3.63) is 65.5 Å². The maximum atomic E-state index is 12.0. The maximum Gasteiger partial charge on any atom is 0.252 e. The summed E-state index contributed by atoms with van der Waals surface area (Å²) >= 11 is 0. The Kier molecular flexibility index (Phi) is 6.49. The van der Waals surface area contributed by atoms with Gasteiger partial charge in [-0.25, -0.2) is 0 Å². The van der Waals surface area contributed by atoms with Crippen molar-refractivity contribution in [2.24, 2.45) is 0 Å². The summed E-state index contributed by atoms with van der Waals surface area (Å²) in [5.74, 6) is 0.202. The fraction of sp³-hybridized carbons (Fsp3) is 0.316. The minimum Gasteiger partial charge on any atom is -0.352 e. The van der Waals surface area contributed by atoms with Crippen molar-refractivity contribution in [1.29, 1.82) is 0 Å². The highest BCUT2D eigenvalue weighted by atomic mass is 16.2. The summed E-state index contributed by atoms with van der Waals surface area (Å²) in [7, 11) is 0. The fourth-order valence-electron chi connectivity index (χ4n) is 2.21. The summed E-state index contributed by atoms with van der Waals surface area (Å²) in [5, 5.41) is 5.66. The third kappa shape index (κ3) is 5.19. The van der Waals surface area contributed by atoms with Gasteiger partial charge in [-0.15, -0.1) is 0 Å². The average Bonchev–Trinajstić information content (AvgIpc) is 2.62. The van der Waals surface area contributed by atoms with Crippen molar-refractivity contribution in [2.75, 3.05) is 13.1 Å². The molecular formula is C19H23N3O2. The SMILES string of the molecule is CC(C)c1ccc(C(=O)NCCCNC(=O)c2cccnc2)cc1. The largest absolute Gasteiger partial charge is 0.352 e. The third-order valence-electron chi connectivity index (χ3n) is 3.69. The molecule has 0 saturated carbocycles. The lowest BCUT2D eigenvalue weighted by Gasteiger charge is -2.08. The molecule has 126 valence electrons. The second kappa shape index (κ2) is 8.82. The van der Waals surface area contributed by atoms with E-state index in [0.717, 1.165) is 0 Å². The summed E-state index contributed by atoms with van der Waals surface area (Å²) in [6.07, 6.45) is 3.82. The maximum absolute atomic E-state index is 12.0. The molecule has 0 bridgehead atoms. The van der Waals surface area contributed by atoms with Crippen LogP contribution in [-0.2, 0) is 0 Å². The van der Waals surface area contributed by atoms with Crippen LogP contribution in [0.25, 0.3) is 0 Å². The number of nitrogens with one attached hydrogen (secondary N) is 2. The lowest BCUT2D eigenvalue weighted by atomic mass is 10.0. The highest BCUT2D eigenvalue weighted by Gasteiger charge is 2.07. The second-order valence-corrected chi connectivity index (χ2v) is 5.88. The number of hydrogen-bond donors (Lipinski definition) is 2. The van der Waals surface area contributed by atoms with Crippen molar-refractivity contribution < 1.29 is 9.59 Å². The Labute approximate surface area is 142 Å². The molecule has 1 aromatic carbocycles. The van der Waals surface area contributed by atoms with Crippen molar-refractivity contribution in [3.63, 3.8) is 0 Å². The van der Waals surface area contributed by atoms with Gasteiger partial charge >= 0.3 is 0 Å². The van der Waals surface area contributed by atoms with E-state index in [1.54, 1.807) is 18.3 Å². The van der Waals surface area contributed by atoms with Crippen LogP contribution in [0.1, 0.15) is 52.5 Å². The van der Waals surface area contributed by atoms with E-state index < -0.39 is 0 Å². The number of carbonyl (C=O) groups is 2. The number of amides is 2. The molecule has 1 aromatic heterocycles. The second-order valence-electron chi connectivity index (χ2n) is 5.88. The van der Waals surface area contributed by atoms with Gasteiger partial charge < -0.3 is 10.6 Å². The van der Waals surface area contributed by atoms with Crippen molar-refractivity contribution in [2.45, 2.75) is 26.2 Å². The Hall–Kier alpha value is -2.69. The molecule has 1 heterocycles. The van der Waals surface area contributed by atoms with Crippen LogP contribution >= 0.6 is 0 Å². The number of rotatable bonds is 7. The van der Waals surface area contributed by atoms with E-state index in [4.69, 9.17) is 0 Å². The van der Waals surface area contributed by atoms with Crippen LogP contribution in [0, 0.1) is 0 Å². The number of carbonyl (C=O) groups excluding carboxylic acids is 2. The van der Waals surface area contributed by atoms with Gasteiger partial charge in [-0.1, -0.05) is 26.0 Å². The van der Waals surface area contributed by atoms with E-state index in [-0.39, 0.29) is 11.8 Å². The molecule has 2 amide bonds. The molecule has 5 heteroatoms. The van der Waals surface area contributed by atoms with Crippen LogP contribution in [0.2, 0.25) is 0 Å². The molecule has 0 radical (unpaired) electrons. The smallest absolute Gasteiger partial charge is 0.252 e. The first-order valence-electron chi connectivity index (χ1n) is 8.14. The van der Waals surface area contributed by atoms with Gasteiger partial charge in [0.15, 0.2) is 0 Å². The molecular weight excluding hydrogens is 302 g/mol. The van der Waals surface area contributed by atoms with Crippen LogP contribution in [0.4, 0.5) is 0 Å². The zero-order chi connectivity index (χ0) is 17.4. The Balaban J connectivity index is 1.68. The van der Waals surface area contributed by atoms with E-state index in [2.05, 4.69) is 29.5 Å². The molecule has 5 nitrogen and oxygen atoms in total. The molecule has 0 fully saturated rings. The molecule has 0 unspecified atom stereocenters. The summed E-state index contributed by atoms with van der Waals surface area (Å²) in [6, 6.07) is 11.1. The van der Waals surface area contributed by atoms with Crippen molar-refractivity contribution in [1.82, 2.24) is 15.6 Å². The number of hydrogen-bond acceptors (Lipinski definition) is 3. The highest BCUT2D eigenvalue weighted by Crippen LogP contribution is 2.14. The first-order valence-corrected chi connectivity index (χ1v) is 8.14. The first-order chi connectivity index (χ1) is 11.6. The fourth-order valence-corrected chi connectivity index (χ4v) is 2.21. The van der Waals surface area contributed by atoms with E-state index >= 15 is 0 Å². The van der Waals surface area contributed by atoms with Crippen LogP contribution in [0.3, 0.4) is 0 Å². The molecule has 0 aliphatic heterocycles. The Morgan fingerprint density at radius 2 is 1.58 bits per heavy atom. The quantitative estimate of drug-likeness (QED) is 0.769. The van der Waals surface area contributed by atoms with Gasteiger partial charge in [0, 0.05) is 31.0 Å². The average molecular weight is 325 g/mol. The van der Waals surface area contributed by atoms with Gasteiger partial charge in [0.25, 0.3) is 11.8 Å². The molecule has 2 rings (SSSR count). The zero-order valence-electron chi connectivity index (χ0n) is 14.1.